The van der Waals surface area contributed by atoms with Gasteiger partial charge in [0.1, 0.15) is 0 Å². The topological polar surface area (TPSA) is 61.6 Å². The van der Waals surface area contributed by atoms with Crippen molar-refractivity contribution in [2.75, 3.05) is 6.79 Å². The van der Waals surface area contributed by atoms with Crippen LogP contribution in [0.1, 0.15) is 31.2 Å². The summed E-state index contributed by atoms with van der Waals surface area (Å²) in [6.07, 6.45) is 7.04. The summed E-state index contributed by atoms with van der Waals surface area (Å²) >= 11 is 0. The summed E-state index contributed by atoms with van der Waals surface area (Å²) in [5, 5.41) is 0. The van der Waals surface area contributed by atoms with E-state index in [1.54, 1.807) is 12.2 Å². The molecule has 2 N–H and O–H groups in total. The number of benzene rings is 1. The standard InChI is InChI=1S/C15H17NO3/c16-15(7-1-2-8-15)14(17)6-4-11-3-5-12-13(9-11)19-10-18-12/h3-6,9H,1-2,7-8,10,16H2. The second kappa shape index (κ2) is 4.70. The van der Waals surface area contributed by atoms with Gasteiger partial charge in [0.15, 0.2) is 17.3 Å². The number of nitrogens with two attached hydrogens (primary N) is 1. The number of rotatable bonds is 3. The van der Waals surface area contributed by atoms with E-state index in [0.717, 1.165) is 42.7 Å². The van der Waals surface area contributed by atoms with Crippen molar-refractivity contribution in [2.45, 2.75) is 31.2 Å². The van der Waals surface area contributed by atoms with Crippen molar-refractivity contribution in [2.24, 2.45) is 5.73 Å². The molecule has 4 nitrogen and oxygen atoms in total. The molecule has 0 atom stereocenters. The molecule has 1 aliphatic heterocycles. The first kappa shape index (κ1) is 12.2. The summed E-state index contributed by atoms with van der Waals surface area (Å²) < 4.78 is 10.5. The molecule has 0 amide bonds. The number of ether oxygens (including phenoxy) is 2. The molecule has 4 heteroatoms. The first-order valence-electron chi connectivity index (χ1n) is 6.58. The average molecular weight is 259 g/mol. The minimum absolute atomic E-state index is 0.0164. The molecule has 100 valence electrons. The monoisotopic (exact) mass is 259 g/mol. The minimum Gasteiger partial charge on any atom is -0.454 e. The van der Waals surface area contributed by atoms with Crippen molar-refractivity contribution in [3.8, 4) is 11.5 Å². The Bertz CT molecular complexity index is 530. The molecule has 1 aromatic rings. The van der Waals surface area contributed by atoms with Crippen LogP contribution in [-0.2, 0) is 4.79 Å². The maximum atomic E-state index is 12.1. The van der Waals surface area contributed by atoms with Gasteiger partial charge in [-0.15, -0.1) is 0 Å². The third-order valence-corrected chi connectivity index (χ3v) is 3.81. The van der Waals surface area contributed by atoms with Gasteiger partial charge in [0.25, 0.3) is 0 Å². The fourth-order valence-electron chi connectivity index (χ4n) is 2.61. The lowest BCUT2D eigenvalue weighted by Crippen LogP contribution is -2.44. The van der Waals surface area contributed by atoms with Gasteiger partial charge in [-0.25, -0.2) is 0 Å². The molecule has 1 fully saturated rings. The Balaban J connectivity index is 1.74. The Morgan fingerprint density at radius 2 is 1.95 bits per heavy atom. The van der Waals surface area contributed by atoms with E-state index in [0.29, 0.717) is 0 Å². The van der Waals surface area contributed by atoms with Crippen LogP contribution >= 0.6 is 0 Å². The molecule has 0 spiro atoms. The lowest BCUT2D eigenvalue weighted by atomic mass is 9.93. The van der Waals surface area contributed by atoms with Crippen molar-refractivity contribution >= 4 is 11.9 Å². The number of hydrogen-bond donors (Lipinski definition) is 1. The average Bonchev–Trinajstić information content (AvgIpc) is 3.04. The van der Waals surface area contributed by atoms with E-state index >= 15 is 0 Å². The normalized spacial score (nSPS) is 20.1. The Hall–Kier alpha value is -1.81. The highest BCUT2D eigenvalue weighted by atomic mass is 16.7. The van der Waals surface area contributed by atoms with Crippen LogP contribution < -0.4 is 15.2 Å². The van der Waals surface area contributed by atoms with Crippen LogP contribution in [0.25, 0.3) is 6.08 Å². The zero-order valence-electron chi connectivity index (χ0n) is 10.7. The van der Waals surface area contributed by atoms with Crippen molar-refractivity contribution in [3.05, 3.63) is 29.8 Å². The maximum Gasteiger partial charge on any atom is 0.231 e. The van der Waals surface area contributed by atoms with Crippen molar-refractivity contribution in [3.63, 3.8) is 0 Å². The smallest absolute Gasteiger partial charge is 0.231 e. The van der Waals surface area contributed by atoms with Gasteiger partial charge < -0.3 is 15.2 Å². The fraction of sp³-hybridized carbons (Fsp3) is 0.400. The molecule has 1 aliphatic carbocycles. The van der Waals surface area contributed by atoms with Gasteiger partial charge in [-0.2, -0.15) is 0 Å². The Kier molecular flexibility index (Phi) is 3.03. The Labute approximate surface area is 112 Å². The number of hydrogen-bond acceptors (Lipinski definition) is 4. The molecule has 3 rings (SSSR count). The van der Waals surface area contributed by atoms with Crippen molar-refractivity contribution in [1.82, 2.24) is 0 Å². The Morgan fingerprint density at radius 3 is 2.74 bits per heavy atom. The fourth-order valence-corrected chi connectivity index (χ4v) is 2.61. The molecule has 19 heavy (non-hydrogen) atoms. The first-order chi connectivity index (χ1) is 9.17. The van der Waals surface area contributed by atoms with Gasteiger partial charge in [-0.1, -0.05) is 25.0 Å². The largest absolute Gasteiger partial charge is 0.454 e. The summed E-state index contributed by atoms with van der Waals surface area (Å²) in [5.74, 6) is 1.48. The molecule has 2 aliphatic rings. The highest BCUT2D eigenvalue weighted by Gasteiger charge is 2.35. The van der Waals surface area contributed by atoms with E-state index in [1.807, 2.05) is 18.2 Å². The molecule has 0 radical (unpaired) electrons. The molecule has 0 aromatic heterocycles. The Morgan fingerprint density at radius 1 is 1.21 bits per heavy atom. The lowest BCUT2D eigenvalue weighted by Gasteiger charge is -2.19. The summed E-state index contributed by atoms with van der Waals surface area (Å²) in [5.41, 5.74) is 6.38. The van der Waals surface area contributed by atoms with Gasteiger partial charge >= 0.3 is 0 Å². The van der Waals surface area contributed by atoms with Crippen LogP contribution in [0.5, 0.6) is 11.5 Å². The molecular formula is C15H17NO3. The van der Waals surface area contributed by atoms with E-state index in [4.69, 9.17) is 15.2 Å². The number of carbonyl (C=O) groups is 1. The van der Waals surface area contributed by atoms with Crippen LogP contribution in [0.15, 0.2) is 24.3 Å². The summed E-state index contributed by atoms with van der Waals surface area (Å²) in [4.78, 5) is 12.1. The SMILES string of the molecule is NC1(C(=O)C=Cc2ccc3c(c2)OCO3)CCCC1. The minimum atomic E-state index is -0.646. The van der Waals surface area contributed by atoms with Crippen LogP contribution in [0.4, 0.5) is 0 Å². The molecule has 0 bridgehead atoms. The molecule has 1 heterocycles. The van der Waals surface area contributed by atoms with Gasteiger partial charge in [-0.3, -0.25) is 4.79 Å². The zero-order valence-corrected chi connectivity index (χ0v) is 10.7. The van der Waals surface area contributed by atoms with Crippen LogP contribution in [0, 0.1) is 0 Å². The van der Waals surface area contributed by atoms with Crippen molar-refractivity contribution in [1.29, 1.82) is 0 Å². The predicted molar refractivity (Wildman–Crippen MR) is 72.0 cm³/mol. The first-order valence-corrected chi connectivity index (χ1v) is 6.58. The van der Waals surface area contributed by atoms with Gasteiger partial charge in [0, 0.05) is 0 Å². The molecule has 0 unspecified atom stereocenters. The third kappa shape index (κ3) is 2.36. The number of fused-ring (bicyclic) bond motifs is 1. The highest BCUT2D eigenvalue weighted by Crippen LogP contribution is 2.33. The number of ketones is 1. The summed E-state index contributed by atoms with van der Waals surface area (Å²) in [7, 11) is 0. The molecule has 1 saturated carbocycles. The van der Waals surface area contributed by atoms with Gasteiger partial charge in [0.2, 0.25) is 6.79 Å². The van der Waals surface area contributed by atoms with E-state index in [-0.39, 0.29) is 12.6 Å². The lowest BCUT2D eigenvalue weighted by molar-refractivity contribution is -0.119. The quantitative estimate of drug-likeness (QED) is 0.846. The molecular weight excluding hydrogens is 242 g/mol. The van der Waals surface area contributed by atoms with Gasteiger partial charge in [-0.05, 0) is 36.6 Å². The molecule has 1 aromatic carbocycles. The zero-order chi connectivity index (χ0) is 13.3. The van der Waals surface area contributed by atoms with E-state index in [2.05, 4.69) is 0 Å². The van der Waals surface area contributed by atoms with Crippen LogP contribution in [0.2, 0.25) is 0 Å². The molecule has 0 saturated heterocycles. The van der Waals surface area contributed by atoms with Crippen LogP contribution in [-0.4, -0.2) is 18.1 Å². The number of carbonyl (C=O) groups excluding carboxylic acids is 1. The second-order valence-corrected chi connectivity index (χ2v) is 5.17. The third-order valence-electron chi connectivity index (χ3n) is 3.81. The van der Waals surface area contributed by atoms with E-state index in [9.17, 15) is 4.79 Å². The predicted octanol–water partition coefficient (Wildman–Crippen LogP) is 2.27. The van der Waals surface area contributed by atoms with Crippen molar-refractivity contribution < 1.29 is 14.3 Å². The van der Waals surface area contributed by atoms with E-state index < -0.39 is 5.54 Å². The van der Waals surface area contributed by atoms with Gasteiger partial charge in [0.05, 0.1) is 5.54 Å². The van der Waals surface area contributed by atoms with Crippen LogP contribution in [0.3, 0.4) is 0 Å². The van der Waals surface area contributed by atoms with E-state index in [1.165, 1.54) is 0 Å². The maximum absolute atomic E-state index is 12.1. The highest BCUT2D eigenvalue weighted by molar-refractivity contribution is 6.00. The summed E-state index contributed by atoms with van der Waals surface area (Å²) in [6, 6.07) is 5.61. The summed E-state index contributed by atoms with van der Waals surface area (Å²) in [6.45, 7) is 0.257. The second-order valence-electron chi connectivity index (χ2n) is 5.17.